The van der Waals surface area contributed by atoms with Gasteiger partial charge in [-0.1, -0.05) is 36.4 Å². The summed E-state index contributed by atoms with van der Waals surface area (Å²) in [6.45, 7) is 0. The summed E-state index contributed by atoms with van der Waals surface area (Å²) in [5.41, 5.74) is 0. The molecule has 3 rings (SSSR count). The minimum absolute atomic E-state index is 0.322. The maximum atomic E-state index is 8.63. The fraction of sp³-hybridized carbons (Fsp3) is 0.0625. The van der Waals surface area contributed by atoms with Crippen molar-refractivity contribution in [3.05, 3.63) is 79.1 Å². The van der Waals surface area contributed by atoms with Crippen LogP contribution in [0.3, 0.4) is 0 Å². The summed E-state index contributed by atoms with van der Waals surface area (Å²) in [4.78, 5) is 0. The molecule has 0 atom stereocenters. The highest BCUT2D eigenvalue weighted by Gasteiger charge is 1.80. The normalized spacial score (nSPS) is 8.43. The average Bonchev–Trinajstić information content (AvgIpc) is 2.59. The third-order valence-electron chi connectivity index (χ3n) is 2.14. The minimum Gasteiger partial charge on any atom is -0.508 e. The number of aromatic hydroxyl groups is 1. The van der Waals surface area contributed by atoms with Crippen LogP contribution in [0.1, 0.15) is 0 Å². The number of nitrogens with zero attached hydrogens (tertiary/aromatic N) is 3. The Labute approximate surface area is 123 Å². The van der Waals surface area contributed by atoms with Gasteiger partial charge in [0.15, 0.2) is 0 Å². The molecule has 1 heterocycles. The van der Waals surface area contributed by atoms with Gasteiger partial charge in [-0.2, -0.15) is 0 Å². The predicted octanol–water partition coefficient (Wildman–Crippen LogP) is 2.96. The quantitative estimate of drug-likeness (QED) is 0.743. The highest BCUT2D eigenvalue weighted by Crippen LogP contribution is 2.05. The van der Waals surface area contributed by atoms with Crippen LogP contribution >= 0.6 is 0 Å². The zero-order chi connectivity index (χ0) is 15.2. The van der Waals surface area contributed by atoms with E-state index in [4.69, 9.17) is 9.84 Å². The summed E-state index contributed by atoms with van der Waals surface area (Å²) < 4.78 is 4.91. The number of benzene rings is 2. The van der Waals surface area contributed by atoms with Crippen LogP contribution in [0.5, 0.6) is 11.5 Å². The van der Waals surface area contributed by atoms with Gasteiger partial charge >= 0.3 is 0 Å². The predicted molar refractivity (Wildman–Crippen MR) is 80.9 cm³/mol. The number of phenols is 1. The average molecular weight is 283 g/mol. The van der Waals surface area contributed by atoms with E-state index in [1.165, 1.54) is 0 Å². The number of rotatable bonds is 1. The largest absolute Gasteiger partial charge is 0.508 e. The van der Waals surface area contributed by atoms with Crippen molar-refractivity contribution in [2.24, 2.45) is 0 Å². The lowest BCUT2D eigenvalue weighted by Crippen LogP contribution is -1.78. The van der Waals surface area contributed by atoms with E-state index in [1.54, 1.807) is 49.8 Å². The second-order valence-corrected chi connectivity index (χ2v) is 3.66. The Morgan fingerprint density at radius 1 is 0.762 bits per heavy atom. The van der Waals surface area contributed by atoms with Crippen molar-refractivity contribution in [3.63, 3.8) is 0 Å². The summed E-state index contributed by atoms with van der Waals surface area (Å²) in [6, 6.07) is 20.1. The van der Waals surface area contributed by atoms with Crippen LogP contribution in [0.25, 0.3) is 0 Å². The minimum atomic E-state index is 0.322. The van der Waals surface area contributed by atoms with Crippen molar-refractivity contribution in [2.75, 3.05) is 7.11 Å². The summed E-state index contributed by atoms with van der Waals surface area (Å²) in [6.07, 6.45) is 3.15. The molecule has 2 aromatic carbocycles. The molecule has 5 nitrogen and oxygen atoms in total. The second kappa shape index (κ2) is 10.9. The summed E-state index contributed by atoms with van der Waals surface area (Å²) >= 11 is 0. The molecule has 0 aliphatic carbocycles. The fourth-order valence-electron chi connectivity index (χ4n) is 1.19. The number of phenolic OH excluding ortho intramolecular Hbond substituents is 1. The Morgan fingerprint density at radius 3 is 1.52 bits per heavy atom. The van der Waals surface area contributed by atoms with Gasteiger partial charge in [0.1, 0.15) is 11.5 Å². The Morgan fingerprint density at radius 2 is 1.29 bits per heavy atom. The Bertz CT molecular complexity index is 536. The molecule has 108 valence electrons. The van der Waals surface area contributed by atoms with Gasteiger partial charge in [-0.3, -0.25) is 0 Å². The van der Waals surface area contributed by atoms with E-state index in [0.717, 1.165) is 5.75 Å². The number of hydrogen-bond acceptors (Lipinski definition) is 5. The SMILES string of the molecule is COc1ccccc1.Oc1ccccc1.c1cnnnc1. The van der Waals surface area contributed by atoms with E-state index in [0.29, 0.717) is 5.75 Å². The number of para-hydroxylation sites is 2. The highest BCUT2D eigenvalue weighted by molar-refractivity contribution is 5.20. The first kappa shape index (κ1) is 16.1. The number of ether oxygens (including phenoxy) is 1. The van der Waals surface area contributed by atoms with Gasteiger partial charge in [-0.05, 0) is 35.5 Å². The number of methoxy groups -OCH3 is 1. The van der Waals surface area contributed by atoms with Crippen LogP contribution in [-0.2, 0) is 0 Å². The third kappa shape index (κ3) is 8.72. The van der Waals surface area contributed by atoms with Crippen LogP contribution in [0.15, 0.2) is 79.1 Å². The smallest absolute Gasteiger partial charge is 0.118 e. The van der Waals surface area contributed by atoms with Gasteiger partial charge in [-0.25, -0.2) is 0 Å². The fourth-order valence-corrected chi connectivity index (χ4v) is 1.19. The Hall–Kier alpha value is -2.95. The van der Waals surface area contributed by atoms with Crippen molar-refractivity contribution in [3.8, 4) is 11.5 Å². The molecular formula is C16H17N3O2. The summed E-state index contributed by atoms with van der Waals surface area (Å²) in [5, 5.41) is 18.8. The van der Waals surface area contributed by atoms with E-state index < -0.39 is 0 Å². The van der Waals surface area contributed by atoms with Crippen molar-refractivity contribution in [2.45, 2.75) is 0 Å². The monoisotopic (exact) mass is 283 g/mol. The highest BCUT2D eigenvalue weighted by atomic mass is 16.5. The van der Waals surface area contributed by atoms with Crippen molar-refractivity contribution >= 4 is 0 Å². The summed E-state index contributed by atoms with van der Waals surface area (Å²) in [5.74, 6) is 1.23. The number of hydrogen-bond donors (Lipinski definition) is 1. The molecule has 0 saturated carbocycles. The molecule has 0 aliphatic rings. The lowest BCUT2D eigenvalue weighted by atomic mass is 10.3. The molecular weight excluding hydrogens is 266 g/mol. The molecule has 0 aliphatic heterocycles. The van der Waals surface area contributed by atoms with E-state index in [1.807, 2.05) is 36.4 Å². The zero-order valence-electron chi connectivity index (χ0n) is 11.7. The summed E-state index contributed by atoms with van der Waals surface area (Å²) in [7, 11) is 1.66. The molecule has 0 unspecified atom stereocenters. The third-order valence-corrected chi connectivity index (χ3v) is 2.14. The van der Waals surface area contributed by atoms with Gasteiger partial charge < -0.3 is 9.84 Å². The van der Waals surface area contributed by atoms with Crippen LogP contribution in [0.2, 0.25) is 0 Å². The molecule has 0 radical (unpaired) electrons. The van der Waals surface area contributed by atoms with Crippen LogP contribution in [-0.4, -0.2) is 27.6 Å². The molecule has 1 N–H and O–H groups in total. The number of aromatic nitrogens is 3. The van der Waals surface area contributed by atoms with E-state index in [9.17, 15) is 0 Å². The van der Waals surface area contributed by atoms with Crippen LogP contribution < -0.4 is 4.74 Å². The van der Waals surface area contributed by atoms with Crippen molar-refractivity contribution in [1.82, 2.24) is 15.4 Å². The van der Waals surface area contributed by atoms with E-state index in [-0.39, 0.29) is 0 Å². The standard InChI is InChI=1S/C7H8O.C6H6O.C3H3N3/c1-8-7-5-3-2-4-6-7;7-6-4-2-1-3-5-6;1-2-4-6-5-3-1/h2-6H,1H3;1-5,7H;1-3H. The van der Waals surface area contributed by atoms with Gasteiger partial charge in [0.2, 0.25) is 0 Å². The second-order valence-electron chi connectivity index (χ2n) is 3.66. The molecule has 3 aromatic rings. The molecule has 0 fully saturated rings. The molecule has 1 aromatic heterocycles. The first-order valence-electron chi connectivity index (χ1n) is 6.24. The molecule has 0 amide bonds. The Kier molecular flexibility index (Phi) is 8.38. The first-order chi connectivity index (χ1) is 10.3. The van der Waals surface area contributed by atoms with Gasteiger partial charge in [0.25, 0.3) is 0 Å². The van der Waals surface area contributed by atoms with Crippen molar-refractivity contribution in [1.29, 1.82) is 0 Å². The maximum Gasteiger partial charge on any atom is 0.118 e. The van der Waals surface area contributed by atoms with E-state index in [2.05, 4.69) is 15.4 Å². The van der Waals surface area contributed by atoms with Crippen LogP contribution in [0, 0.1) is 0 Å². The van der Waals surface area contributed by atoms with Crippen LogP contribution in [0.4, 0.5) is 0 Å². The Balaban J connectivity index is 0.000000159. The molecule has 5 heteroatoms. The zero-order valence-corrected chi connectivity index (χ0v) is 11.7. The van der Waals surface area contributed by atoms with Gasteiger partial charge in [-0.15, -0.1) is 10.2 Å². The lowest BCUT2D eigenvalue weighted by molar-refractivity contribution is 0.415. The van der Waals surface area contributed by atoms with Gasteiger partial charge in [0, 0.05) is 0 Å². The molecule has 0 bridgehead atoms. The topological polar surface area (TPSA) is 68.1 Å². The first-order valence-corrected chi connectivity index (χ1v) is 6.24. The van der Waals surface area contributed by atoms with Crippen molar-refractivity contribution < 1.29 is 9.84 Å². The lowest BCUT2D eigenvalue weighted by Gasteiger charge is -1.93. The molecule has 0 spiro atoms. The molecule has 21 heavy (non-hydrogen) atoms. The van der Waals surface area contributed by atoms with Gasteiger partial charge in [0.05, 0.1) is 19.5 Å². The molecule has 0 saturated heterocycles. The maximum absolute atomic E-state index is 8.63. The van der Waals surface area contributed by atoms with E-state index >= 15 is 0 Å².